The number of benzene rings is 1. The second-order valence-corrected chi connectivity index (χ2v) is 6.11. The number of carbonyl (C=O) groups is 1. The Labute approximate surface area is 119 Å². The van der Waals surface area contributed by atoms with Crippen molar-refractivity contribution in [3.05, 3.63) is 32.8 Å². The number of hydrogen-bond donors (Lipinski definition) is 2. The van der Waals surface area contributed by atoms with Crippen LogP contribution in [0.5, 0.6) is 0 Å². The quantitative estimate of drug-likeness (QED) is 0.657. The topological polar surface area (TPSA) is 98.3 Å². The van der Waals surface area contributed by atoms with Gasteiger partial charge in [-0.1, -0.05) is 20.8 Å². The minimum atomic E-state index is -0.699. The minimum Gasteiger partial charge on any atom is -0.324 e. The van der Waals surface area contributed by atoms with Crippen LogP contribution < -0.4 is 11.1 Å². The van der Waals surface area contributed by atoms with Crippen molar-refractivity contribution in [2.45, 2.75) is 26.8 Å². The highest BCUT2D eigenvalue weighted by atomic mass is 79.9. The van der Waals surface area contributed by atoms with Crippen LogP contribution >= 0.6 is 15.9 Å². The lowest BCUT2D eigenvalue weighted by Crippen LogP contribution is -2.45. The number of nitro benzene ring substituents is 1. The Morgan fingerprint density at radius 1 is 1.47 bits per heavy atom. The predicted molar refractivity (Wildman–Crippen MR) is 76.9 cm³/mol. The second-order valence-electron chi connectivity index (χ2n) is 5.26. The van der Waals surface area contributed by atoms with Crippen LogP contribution in [0.2, 0.25) is 0 Å². The summed E-state index contributed by atoms with van der Waals surface area (Å²) in [5.41, 5.74) is 5.67. The van der Waals surface area contributed by atoms with Gasteiger partial charge in [-0.05, 0) is 33.5 Å². The van der Waals surface area contributed by atoms with Crippen LogP contribution in [-0.4, -0.2) is 16.9 Å². The van der Waals surface area contributed by atoms with Crippen LogP contribution in [0.1, 0.15) is 20.8 Å². The summed E-state index contributed by atoms with van der Waals surface area (Å²) < 4.78 is 0.357. The van der Waals surface area contributed by atoms with E-state index >= 15 is 0 Å². The fourth-order valence-electron chi connectivity index (χ4n) is 1.34. The van der Waals surface area contributed by atoms with Gasteiger partial charge in [0, 0.05) is 11.8 Å². The van der Waals surface area contributed by atoms with Gasteiger partial charge in [0.1, 0.15) is 0 Å². The van der Waals surface area contributed by atoms with Crippen molar-refractivity contribution in [3.63, 3.8) is 0 Å². The molecule has 1 rings (SSSR count). The van der Waals surface area contributed by atoms with Gasteiger partial charge in [0.25, 0.3) is 5.69 Å². The highest BCUT2D eigenvalue weighted by Crippen LogP contribution is 2.28. The van der Waals surface area contributed by atoms with E-state index in [4.69, 9.17) is 5.73 Å². The highest BCUT2D eigenvalue weighted by molar-refractivity contribution is 9.10. The maximum absolute atomic E-state index is 11.9. The van der Waals surface area contributed by atoms with Crippen molar-refractivity contribution in [1.82, 2.24) is 0 Å². The molecule has 0 aliphatic carbocycles. The lowest BCUT2D eigenvalue weighted by molar-refractivity contribution is -0.385. The number of nitrogens with zero attached hydrogens (tertiary/aromatic N) is 1. The van der Waals surface area contributed by atoms with Crippen LogP contribution in [0.25, 0.3) is 0 Å². The van der Waals surface area contributed by atoms with Gasteiger partial charge < -0.3 is 11.1 Å². The van der Waals surface area contributed by atoms with Crippen molar-refractivity contribution < 1.29 is 9.72 Å². The first-order chi connectivity index (χ1) is 8.62. The highest BCUT2D eigenvalue weighted by Gasteiger charge is 2.27. The standard InChI is InChI=1S/C12H16BrN3O3/c1-12(2,3)10(14)11(17)15-7-4-5-8(13)9(6-7)16(18)19/h4-6,10H,14H2,1-3H3,(H,15,17)/t10-/m1/s1. The molecule has 0 saturated heterocycles. The van der Waals surface area contributed by atoms with Crippen LogP contribution in [0.15, 0.2) is 22.7 Å². The third-order valence-corrected chi connectivity index (χ3v) is 3.30. The number of nitrogens with two attached hydrogens (primary N) is 1. The molecule has 1 aromatic carbocycles. The Bertz CT molecular complexity index is 511. The van der Waals surface area contributed by atoms with E-state index < -0.39 is 11.0 Å². The van der Waals surface area contributed by atoms with E-state index in [2.05, 4.69) is 21.2 Å². The zero-order valence-corrected chi connectivity index (χ0v) is 12.5. The number of rotatable bonds is 3. The molecule has 0 aromatic heterocycles. The van der Waals surface area contributed by atoms with Gasteiger partial charge in [0.2, 0.25) is 5.91 Å². The summed E-state index contributed by atoms with van der Waals surface area (Å²) in [4.78, 5) is 22.2. The van der Waals surface area contributed by atoms with Gasteiger partial charge in [-0.2, -0.15) is 0 Å². The molecule has 0 unspecified atom stereocenters. The number of nitro groups is 1. The molecular formula is C12H16BrN3O3. The summed E-state index contributed by atoms with van der Waals surface area (Å²) in [5.74, 6) is -0.371. The molecule has 7 heteroatoms. The number of anilines is 1. The first-order valence-corrected chi connectivity index (χ1v) is 6.42. The normalized spacial score (nSPS) is 12.9. The summed E-state index contributed by atoms with van der Waals surface area (Å²) in [7, 11) is 0. The van der Waals surface area contributed by atoms with Crippen molar-refractivity contribution >= 4 is 33.2 Å². The molecule has 19 heavy (non-hydrogen) atoms. The summed E-state index contributed by atoms with van der Waals surface area (Å²) >= 11 is 3.08. The largest absolute Gasteiger partial charge is 0.324 e. The fourth-order valence-corrected chi connectivity index (χ4v) is 1.74. The van der Waals surface area contributed by atoms with Crippen LogP contribution in [0.3, 0.4) is 0 Å². The molecule has 0 aliphatic heterocycles. The number of halogens is 1. The third kappa shape index (κ3) is 4.00. The molecule has 1 aromatic rings. The van der Waals surface area contributed by atoms with Crippen molar-refractivity contribution in [2.75, 3.05) is 5.32 Å². The molecule has 0 radical (unpaired) electrons. The molecule has 104 valence electrons. The Kier molecular flexibility index (Phi) is 4.65. The van der Waals surface area contributed by atoms with Crippen molar-refractivity contribution in [3.8, 4) is 0 Å². The Morgan fingerprint density at radius 2 is 2.05 bits per heavy atom. The lowest BCUT2D eigenvalue weighted by Gasteiger charge is -2.25. The van der Waals surface area contributed by atoms with Crippen molar-refractivity contribution in [1.29, 1.82) is 0 Å². The van der Waals surface area contributed by atoms with E-state index in [0.717, 1.165) is 0 Å². The predicted octanol–water partition coefficient (Wildman–Crippen LogP) is 2.67. The van der Waals surface area contributed by atoms with E-state index in [1.54, 1.807) is 6.07 Å². The molecule has 0 heterocycles. The average molecular weight is 330 g/mol. The minimum absolute atomic E-state index is 0.109. The molecule has 1 amide bonds. The smallest absolute Gasteiger partial charge is 0.285 e. The molecule has 0 spiro atoms. The summed E-state index contributed by atoms with van der Waals surface area (Å²) in [6, 6.07) is 3.67. The molecule has 6 nitrogen and oxygen atoms in total. The van der Waals surface area contributed by atoms with Gasteiger partial charge in [0.05, 0.1) is 15.4 Å². The van der Waals surface area contributed by atoms with E-state index in [1.807, 2.05) is 20.8 Å². The average Bonchev–Trinajstić information content (AvgIpc) is 2.29. The molecule has 0 saturated carbocycles. The van der Waals surface area contributed by atoms with E-state index in [9.17, 15) is 14.9 Å². The first kappa shape index (κ1) is 15.6. The summed E-state index contributed by atoms with van der Waals surface area (Å²) in [6.45, 7) is 5.55. The third-order valence-electron chi connectivity index (χ3n) is 2.63. The second kappa shape index (κ2) is 5.66. The molecule has 0 bridgehead atoms. The molecule has 0 fully saturated rings. The van der Waals surface area contributed by atoms with Gasteiger partial charge in [0.15, 0.2) is 0 Å². The van der Waals surface area contributed by atoms with Gasteiger partial charge in [-0.25, -0.2) is 0 Å². The number of amides is 1. The van der Waals surface area contributed by atoms with Gasteiger partial charge in [-0.3, -0.25) is 14.9 Å². The van der Waals surface area contributed by atoms with Crippen LogP contribution in [-0.2, 0) is 4.79 Å². The monoisotopic (exact) mass is 329 g/mol. The van der Waals surface area contributed by atoms with Gasteiger partial charge >= 0.3 is 0 Å². The zero-order valence-electron chi connectivity index (χ0n) is 10.9. The molecule has 3 N–H and O–H groups in total. The molecule has 0 aliphatic rings. The van der Waals surface area contributed by atoms with E-state index in [0.29, 0.717) is 10.2 Å². The summed E-state index contributed by atoms with van der Waals surface area (Å²) in [5, 5.41) is 13.4. The van der Waals surface area contributed by atoms with Gasteiger partial charge in [-0.15, -0.1) is 0 Å². The van der Waals surface area contributed by atoms with Crippen LogP contribution in [0.4, 0.5) is 11.4 Å². The molecule has 1 atom stereocenters. The maximum atomic E-state index is 11.9. The summed E-state index contributed by atoms with van der Waals surface area (Å²) in [6.07, 6.45) is 0. The zero-order chi connectivity index (χ0) is 14.8. The lowest BCUT2D eigenvalue weighted by atomic mass is 9.87. The number of nitrogens with one attached hydrogen (secondary N) is 1. The number of hydrogen-bond acceptors (Lipinski definition) is 4. The number of carbonyl (C=O) groups excluding carboxylic acids is 1. The van der Waals surface area contributed by atoms with Crippen molar-refractivity contribution in [2.24, 2.45) is 11.1 Å². The first-order valence-electron chi connectivity index (χ1n) is 5.63. The fraction of sp³-hybridized carbons (Fsp3) is 0.417. The Morgan fingerprint density at radius 3 is 2.53 bits per heavy atom. The van der Waals surface area contributed by atoms with Crippen LogP contribution in [0, 0.1) is 15.5 Å². The Balaban J connectivity index is 2.92. The maximum Gasteiger partial charge on any atom is 0.285 e. The molecular weight excluding hydrogens is 314 g/mol. The van der Waals surface area contributed by atoms with E-state index in [1.165, 1.54) is 12.1 Å². The Hall–Kier alpha value is -1.47. The SMILES string of the molecule is CC(C)(C)[C@H](N)C(=O)Nc1ccc(Br)c([N+](=O)[O-])c1. The van der Waals surface area contributed by atoms with E-state index in [-0.39, 0.29) is 17.0 Å².